The van der Waals surface area contributed by atoms with Gasteiger partial charge in [-0.05, 0) is 43.7 Å². The zero-order chi connectivity index (χ0) is 23.4. The van der Waals surface area contributed by atoms with Crippen LogP contribution in [0.25, 0.3) is 11.2 Å². The fourth-order valence-corrected chi connectivity index (χ4v) is 5.40. The standard InChI is InChI=1S/C24H23N3O4S2/c1-18-15-22(19(2)27(18)24-25-11-13-32-24)23(28)17-26(16-21-9-6-12-31-21)33(29,30)14-10-20-7-4-3-5-8-20/h3-15H,16-17H2,1-2H3/b14-10+. The summed E-state index contributed by atoms with van der Waals surface area (Å²) in [4.78, 5) is 17.6. The van der Waals surface area contributed by atoms with E-state index in [4.69, 9.17) is 4.42 Å². The van der Waals surface area contributed by atoms with Gasteiger partial charge in [0.1, 0.15) is 5.76 Å². The molecule has 9 heteroatoms. The Balaban J connectivity index is 1.63. The van der Waals surface area contributed by atoms with E-state index in [-0.39, 0.29) is 18.9 Å². The molecule has 0 saturated carbocycles. The van der Waals surface area contributed by atoms with Crippen molar-refractivity contribution < 1.29 is 17.6 Å². The number of aromatic nitrogens is 2. The Morgan fingerprint density at radius 2 is 1.97 bits per heavy atom. The van der Waals surface area contributed by atoms with Crippen LogP contribution in [0.15, 0.2) is 76.2 Å². The lowest BCUT2D eigenvalue weighted by molar-refractivity contribution is 0.0962. The van der Waals surface area contributed by atoms with E-state index in [1.165, 1.54) is 23.7 Å². The smallest absolute Gasteiger partial charge is 0.237 e. The topological polar surface area (TPSA) is 85.4 Å². The lowest BCUT2D eigenvalue weighted by Gasteiger charge is -2.18. The van der Waals surface area contributed by atoms with E-state index in [9.17, 15) is 13.2 Å². The van der Waals surface area contributed by atoms with Gasteiger partial charge in [-0.2, -0.15) is 4.31 Å². The van der Waals surface area contributed by atoms with E-state index in [2.05, 4.69) is 4.98 Å². The number of thiazole rings is 1. The van der Waals surface area contributed by atoms with Crippen molar-refractivity contribution in [2.75, 3.05) is 6.54 Å². The second-order valence-corrected chi connectivity index (χ2v) is 10.2. The van der Waals surface area contributed by atoms with Crippen LogP contribution in [0.3, 0.4) is 0 Å². The van der Waals surface area contributed by atoms with Gasteiger partial charge >= 0.3 is 0 Å². The first-order chi connectivity index (χ1) is 15.8. The molecule has 0 saturated heterocycles. The quantitative estimate of drug-likeness (QED) is 0.320. The van der Waals surface area contributed by atoms with Crippen LogP contribution in [-0.2, 0) is 16.6 Å². The number of Topliss-reactive ketones (excluding diaryl/α,β-unsaturated/α-hetero) is 1. The monoisotopic (exact) mass is 481 g/mol. The van der Waals surface area contributed by atoms with E-state index < -0.39 is 10.0 Å². The minimum atomic E-state index is -3.90. The van der Waals surface area contributed by atoms with Gasteiger partial charge in [0.05, 0.1) is 19.4 Å². The van der Waals surface area contributed by atoms with Crippen LogP contribution >= 0.6 is 11.3 Å². The number of rotatable bonds is 9. The summed E-state index contributed by atoms with van der Waals surface area (Å²) < 4.78 is 34.7. The molecule has 0 amide bonds. The molecule has 0 spiro atoms. The number of benzene rings is 1. The third kappa shape index (κ3) is 5.22. The van der Waals surface area contributed by atoms with Crippen molar-refractivity contribution in [2.45, 2.75) is 20.4 Å². The highest BCUT2D eigenvalue weighted by atomic mass is 32.2. The van der Waals surface area contributed by atoms with Gasteiger partial charge in [-0.15, -0.1) is 11.3 Å². The average Bonchev–Trinajstić information content (AvgIpc) is 3.55. The largest absolute Gasteiger partial charge is 0.468 e. The summed E-state index contributed by atoms with van der Waals surface area (Å²) >= 11 is 1.47. The number of hydrogen-bond acceptors (Lipinski definition) is 6. The van der Waals surface area contributed by atoms with Crippen LogP contribution in [0.5, 0.6) is 0 Å². The number of carbonyl (C=O) groups is 1. The van der Waals surface area contributed by atoms with Crippen LogP contribution in [0.2, 0.25) is 0 Å². The molecule has 0 atom stereocenters. The normalized spacial score (nSPS) is 12.1. The molecular weight excluding hydrogens is 458 g/mol. The molecule has 0 aliphatic heterocycles. The van der Waals surface area contributed by atoms with Gasteiger partial charge in [0.25, 0.3) is 0 Å². The molecule has 170 valence electrons. The van der Waals surface area contributed by atoms with Gasteiger partial charge < -0.3 is 4.42 Å². The maximum absolute atomic E-state index is 13.3. The number of nitrogens with zero attached hydrogens (tertiary/aromatic N) is 3. The highest BCUT2D eigenvalue weighted by Crippen LogP contribution is 2.23. The minimum absolute atomic E-state index is 0.0502. The Bertz CT molecular complexity index is 1350. The van der Waals surface area contributed by atoms with Crippen LogP contribution in [0, 0.1) is 13.8 Å². The van der Waals surface area contributed by atoms with Crippen molar-refractivity contribution in [3.05, 3.63) is 100 Å². The van der Waals surface area contributed by atoms with Crippen molar-refractivity contribution in [3.8, 4) is 5.13 Å². The summed E-state index contributed by atoms with van der Waals surface area (Å²) in [5.41, 5.74) is 2.80. The fraction of sp³-hybridized carbons (Fsp3) is 0.167. The molecule has 4 rings (SSSR count). The predicted molar refractivity (Wildman–Crippen MR) is 129 cm³/mol. The van der Waals surface area contributed by atoms with E-state index in [1.807, 2.05) is 54.1 Å². The second-order valence-electron chi connectivity index (χ2n) is 7.46. The number of carbonyl (C=O) groups excluding carboxylic acids is 1. The first-order valence-electron chi connectivity index (χ1n) is 10.2. The summed E-state index contributed by atoms with van der Waals surface area (Å²) in [5.74, 6) is 0.155. The van der Waals surface area contributed by atoms with Gasteiger partial charge in [-0.25, -0.2) is 13.4 Å². The van der Waals surface area contributed by atoms with Crippen LogP contribution in [0.4, 0.5) is 0 Å². The van der Waals surface area contributed by atoms with Crippen molar-refractivity contribution in [1.82, 2.24) is 13.9 Å². The lowest BCUT2D eigenvalue weighted by atomic mass is 10.1. The highest BCUT2D eigenvalue weighted by Gasteiger charge is 2.26. The fourth-order valence-electron chi connectivity index (χ4n) is 3.54. The van der Waals surface area contributed by atoms with Crippen molar-refractivity contribution >= 4 is 33.2 Å². The SMILES string of the molecule is Cc1cc(C(=O)CN(Cc2ccco2)S(=O)(=O)/C=C/c2ccccc2)c(C)n1-c1nccs1. The van der Waals surface area contributed by atoms with E-state index in [0.717, 1.165) is 31.8 Å². The molecule has 0 unspecified atom stereocenters. The Kier molecular flexibility index (Phi) is 6.73. The zero-order valence-electron chi connectivity index (χ0n) is 18.2. The number of ketones is 1. The second kappa shape index (κ2) is 9.70. The molecule has 0 bridgehead atoms. The van der Waals surface area contributed by atoms with Crippen molar-refractivity contribution in [3.63, 3.8) is 0 Å². The van der Waals surface area contributed by atoms with Gasteiger partial charge in [0.2, 0.25) is 10.0 Å². The van der Waals surface area contributed by atoms with Gasteiger partial charge in [-0.1, -0.05) is 30.3 Å². The molecule has 4 aromatic rings. The molecule has 7 nitrogen and oxygen atoms in total. The van der Waals surface area contributed by atoms with E-state index in [1.54, 1.807) is 24.4 Å². The van der Waals surface area contributed by atoms with Crippen LogP contribution < -0.4 is 0 Å². The summed E-state index contributed by atoms with van der Waals surface area (Å²) in [6, 6.07) is 14.3. The summed E-state index contributed by atoms with van der Waals surface area (Å²) in [7, 11) is -3.90. The summed E-state index contributed by atoms with van der Waals surface area (Å²) in [6.07, 6.45) is 4.70. The van der Waals surface area contributed by atoms with Crippen molar-refractivity contribution in [2.24, 2.45) is 0 Å². The molecule has 0 N–H and O–H groups in total. The molecule has 0 radical (unpaired) electrons. The number of furan rings is 1. The van der Waals surface area contributed by atoms with Gasteiger partial charge in [0.15, 0.2) is 10.9 Å². The van der Waals surface area contributed by atoms with Gasteiger partial charge in [-0.3, -0.25) is 9.36 Å². The Hall–Kier alpha value is -3.27. The zero-order valence-corrected chi connectivity index (χ0v) is 19.8. The van der Waals surface area contributed by atoms with Gasteiger partial charge in [0, 0.05) is 33.9 Å². The molecule has 33 heavy (non-hydrogen) atoms. The average molecular weight is 482 g/mol. The number of sulfonamides is 1. The molecule has 3 aromatic heterocycles. The molecular formula is C24H23N3O4S2. The molecule has 3 heterocycles. The molecule has 0 aliphatic carbocycles. The number of hydrogen-bond donors (Lipinski definition) is 0. The molecule has 0 aliphatic rings. The number of aryl methyl sites for hydroxylation is 1. The third-order valence-electron chi connectivity index (χ3n) is 5.17. The minimum Gasteiger partial charge on any atom is -0.468 e. The Labute approximate surface area is 196 Å². The molecule has 1 aromatic carbocycles. The van der Waals surface area contributed by atoms with Crippen LogP contribution in [-0.4, -0.2) is 34.6 Å². The Morgan fingerprint density at radius 3 is 2.64 bits per heavy atom. The molecule has 0 fully saturated rings. The lowest BCUT2D eigenvalue weighted by Crippen LogP contribution is -2.34. The van der Waals surface area contributed by atoms with Crippen molar-refractivity contribution in [1.29, 1.82) is 0 Å². The van der Waals surface area contributed by atoms with E-state index in [0.29, 0.717) is 11.3 Å². The summed E-state index contributed by atoms with van der Waals surface area (Å²) in [5, 5.41) is 3.75. The van der Waals surface area contributed by atoms with Crippen LogP contribution in [0.1, 0.15) is 33.1 Å². The first kappa shape index (κ1) is 22.9. The summed E-state index contributed by atoms with van der Waals surface area (Å²) in [6.45, 7) is 3.36. The third-order valence-corrected chi connectivity index (χ3v) is 7.38. The predicted octanol–water partition coefficient (Wildman–Crippen LogP) is 4.83. The first-order valence-corrected chi connectivity index (χ1v) is 12.6. The maximum atomic E-state index is 13.3. The maximum Gasteiger partial charge on any atom is 0.237 e. The highest BCUT2D eigenvalue weighted by molar-refractivity contribution is 7.92. The Morgan fingerprint density at radius 1 is 1.18 bits per heavy atom. The van der Waals surface area contributed by atoms with E-state index >= 15 is 0 Å².